The zero-order valence-electron chi connectivity index (χ0n) is 11.0. The number of ether oxygens (including phenoxy) is 1. The predicted octanol–water partition coefficient (Wildman–Crippen LogP) is 3.84. The number of thiazole rings is 1. The molecule has 0 aliphatic heterocycles. The van der Waals surface area contributed by atoms with Crippen LogP contribution in [-0.4, -0.2) is 23.3 Å². The van der Waals surface area contributed by atoms with Gasteiger partial charge in [0.1, 0.15) is 9.88 Å². The van der Waals surface area contributed by atoms with E-state index >= 15 is 0 Å². The van der Waals surface area contributed by atoms with Crippen LogP contribution >= 0.6 is 22.9 Å². The van der Waals surface area contributed by atoms with Crippen molar-refractivity contribution in [2.75, 3.05) is 6.61 Å². The molecule has 1 heterocycles. The minimum atomic E-state index is -0.581. The average Bonchev–Trinajstić information content (AvgIpc) is 2.84. The molecule has 2 rings (SSSR count). The smallest absolute Gasteiger partial charge is 0.358 e. The van der Waals surface area contributed by atoms with Crippen LogP contribution in [0.25, 0.3) is 10.6 Å². The molecule has 2 aromatic rings. The number of carbonyl (C=O) groups excluding carboxylic acids is 2. The maximum atomic E-state index is 11.8. The molecule has 104 valence electrons. The van der Waals surface area contributed by atoms with Crippen LogP contribution in [0.4, 0.5) is 0 Å². The van der Waals surface area contributed by atoms with E-state index in [1.54, 1.807) is 25.1 Å². The predicted molar refractivity (Wildman–Crippen MR) is 78.5 cm³/mol. The van der Waals surface area contributed by atoms with Crippen LogP contribution in [0.5, 0.6) is 0 Å². The Labute approximate surface area is 125 Å². The Hall–Kier alpha value is -1.72. The summed E-state index contributed by atoms with van der Waals surface area (Å²) >= 11 is 7.10. The molecule has 1 aromatic heterocycles. The van der Waals surface area contributed by atoms with Crippen LogP contribution in [0.1, 0.15) is 34.0 Å². The molecule has 20 heavy (non-hydrogen) atoms. The molecule has 4 nitrogen and oxygen atoms in total. The van der Waals surface area contributed by atoms with E-state index in [1.165, 1.54) is 6.92 Å². The van der Waals surface area contributed by atoms with Crippen molar-refractivity contribution in [1.29, 1.82) is 0 Å². The lowest BCUT2D eigenvalue weighted by atomic mass is 10.2. The van der Waals surface area contributed by atoms with Gasteiger partial charge in [0.2, 0.25) is 0 Å². The Kier molecular flexibility index (Phi) is 4.52. The van der Waals surface area contributed by atoms with Crippen molar-refractivity contribution >= 4 is 34.7 Å². The average molecular weight is 310 g/mol. The zero-order chi connectivity index (χ0) is 14.7. The van der Waals surface area contributed by atoms with Gasteiger partial charge < -0.3 is 4.74 Å². The first kappa shape index (κ1) is 14.7. The van der Waals surface area contributed by atoms with Crippen molar-refractivity contribution in [2.24, 2.45) is 0 Å². The summed E-state index contributed by atoms with van der Waals surface area (Å²) in [5.41, 5.74) is 0.833. The van der Waals surface area contributed by atoms with Gasteiger partial charge in [-0.3, -0.25) is 4.79 Å². The van der Waals surface area contributed by atoms with Crippen LogP contribution in [0.15, 0.2) is 24.3 Å². The number of halogens is 1. The van der Waals surface area contributed by atoms with Crippen LogP contribution in [0.2, 0.25) is 5.02 Å². The Morgan fingerprint density at radius 2 is 2.15 bits per heavy atom. The summed E-state index contributed by atoms with van der Waals surface area (Å²) in [5.74, 6) is -0.791. The molecule has 0 N–H and O–H groups in total. The van der Waals surface area contributed by atoms with Gasteiger partial charge in [-0.1, -0.05) is 23.7 Å². The lowest BCUT2D eigenvalue weighted by Crippen LogP contribution is -2.09. The fraction of sp³-hybridized carbons (Fsp3) is 0.214. The summed E-state index contributed by atoms with van der Waals surface area (Å²) in [6.07, 6.45) is 0. The molecule has 0 spiro atoms. The number of hydrogen-bond donors (Lipinski definition) is 0. The standard InChI is InChI=1S/C14H12ClNO3S/c1-3-19-14(18)11-12(8(2)17)20-13(16-11)9-5-4-6-10(15)7-9/h4-7H,3H2,1-2H3. The van der Waals surface area contributed by atoms with Gasteiger partial charge in [0, 0.05) is 17.5 Å². The molecular weight excluding hydrogens is 298 g/mol. The molecule has 0 bridgehead atoms. The molecule has 1 aromatic carbocycles. The SMILES string of the molecule is CCOC(=O)c1nc(-c2cccc(Cl)c2)sc1C(C)=O. The van der Waals surface area contributed by atoms with Crippen molar-refractivity contribution in [1.82, 2.24) is 4.98 Å². The van der Waals surface area contributed by atoms with Crippen LogP contribution < -0.4 is 0 Å². The van der Waals surface area contributed by atoms with Gasteiger partial charge in [-0.25, -0.2) is 9.78 Å². The molecular formula is C14H12ClNO3S. The first-order chi connectivity index (χ1) is 9.52. The second kappa shape index (κ2) is 6.15. The summed E-state index contributed by atoms with van der Waals surface area (Å²) in [5, 5.41) is 1.14. The van der Waals surface area contributed by atoms with Crippen LogP contribution in [0.3, 0.4) is 0 Å². The fourth-order valence-corrected chi connectivity index (χ4v) is 2.78. The summed E-state index contributed by atoms with van der Waals surface area (Å²) in [6, 6.07) is 7.09. The first-order valence-electron chi connectivity index (χ1n) is 5.97. The van der Waals surface area contributed by atoms with Crippen molar-refractivity contribution < 1.29 is 14.3 Å². The molecule has 0 saturated carbocycles. The third-order valence-corrected chi connectivity index (χ3v) is 3.93. The number of nitrogens with zero attached hydrogens (tertiary/aromatic N) is 1. The molecule has 6 heteroatoms. The summed E-state index contributed by atoms with van der Waals surface area (Å²) in [7, 11) is 0. The molecule has 0 radical (unpaired) electrons. The zero-order valence-corrected chi connectivity index (χ0v) is 12.5. The van der Waals surface area contributed by atoms with Gasteiger partial charge in [0.05, 0.1) is 6.61 Å². The van der Waals surface area contributed by atoms with Gasteiger partial charge in [0.15, 0.2) is 11.5 Å². The Bertz CT molecular complexity index is 666. The highest BCUT2D eigenvalue weighted by Crippen LogP contribution is 2.30. The molecule has 0 saturated heterocycles. The number of aromatic nitrogens is 1. The number of rotatable bonds is 4. The highest BCUT2D eigenvalue weighted by molar-refractivity contribution is 7.17. The van der Waals surface area contributed by atoms with Crippen LogP contribution in [0, 0.1) is 0 Å². The van der Waals surface area contributed by atoms with E-state index < -0.39 is 5.97 Å². The van der Waals surface area contributed by atoms with E-state index in [1.807, 2.05) is 6.07 Å². The lowest BCUT2D eigenvalue weighted by molar-refractivity contribution is 0.0517. The minimum absolute atomic E-state index is 0.0688. The number of esters is 1. The van der Waals surface area contributed by atoms with Gasteiger partial charge in [0.25, 0.3) is 0 Å². The largest absolute Gasteiger partial charge is 0.461 e. The first-order valence-corrected chi connectivity index (χ1v) is 7.17. The van der Waals surface area contributed by atoms with Crippen molar-refractivity contribution in [3.05, 3.63) is 39.9 Å². The fourth-order valence-electron chi connectivity index (χ4n) is 1.64. The second-order valence-corrected chi connectivity index (χ2v) is 5.42. The second-order valence-electron chi connectivity index (χ2n) is 3.98. The monoisotopic (exact) mass is 309 g/mol. The number of ketones is 1. The van der Waals surface area contributed by atoms with E-state index in [9.17, 15) is 9.59 Å². The van der Waals surface area contributed by atoms with Gasteiger partial charge in [-0.15, -0.1) is 11.3 Å². The normalized spacial score (nSPS) is 10.3. The molecule has 0 aliphatic carbocycles. The van der Waals surface area contributed by atoms with Crippen LogP contribution in [-0.2, 0) is 4.74 Å². The van der Waals surface area contributed by atoms with E-state index in [4.69, 9.17) is 16.3 Å². The van der Waals surface area contributed by atoms with Crippen molar-refractivity contribution in [3.8, 4) is 10.6 Å². The van der Waals surface area contributed by atoms with Crippen molar-refractivity contribution in [3.63, 3.8) is 0 Å². The topological polar surface area (TPSA) is 56.3 Å². The molecule has 0 aliphatic rings. The summed E-state index contributed by atoms with van der Waals surface area (Å²) in [4.78, 5) is 28.0. The summed E-state index contributed by atoms with van der Waals surface area (Å²) in [6.45, 7) is 3.34. The van der Waals surface area contributed by atoms with E-state index in [2.05, 4.69) is 4.98 Å². The lowest BCUT2D eigenvalue weighted by Gasteiger charge is -1.99. The maximum Gasteiger partial charge on any atom is 0.358 e. The molecule has 0 fully saturated rings. The van der Waals surface area contributed by atoms with Gasteiger partial charge >= 0.3 is 5.97 Å². The van der Waals surface area contributed by atoms with E-state index in [0.717, 1.165) is 16.9 Å². The Balaban J connectivity index is 2.49. The van der Waals surface area contributed by atoms with E-state index in [0.29, 0.717) is 14.9 Å². The number of carbonyl (C=O) groups is 2. The Morgan fingerprint density at radius 3 is 2.75 bits per heavy atom. The van der Waals surface area contributed by atoms with Gasteiger partial charge in [-0.05, 0) is 19.1 Å². The van der Waals surface area contributed by atoms with E-state index in [-0.39, 0.29) is 18.1 Å². The molecule has 0 amide bonds. The summed E-state index contributed by atoms with van der Waals surface area (Å²) < 4.78 is 4.92. The minimum Gasteiger partial charge on any atom is -0.461 e. The molecule has 0 unspecified atom stereocenters. The number of Topliss-reactive ketones (excluding diaryl/α,β-unsaturated/α-hetero) is 1. The quantitative estimate of drug-likeness (QED) is 0.636. The molecule has 0 atom stereocenters. The highest BCUT2D eigenvalue weighted by atomic mass is 35.5. The Morgan fingerprint density at radius 1 is 1.40 bits per heavy atom. The maximum absolute atomic E-state index is 11.8. The van der Waals surface area contributed by atoms with Crippen molar-refractivity contribution in [2.45, 2.75) is 13.8 Å². The third-order valence-electron chi connectivity index (χ3n) is 2.49. The number of benzene rings is 1. The highest BCUT2D eigenvalue weighted by Gasteiger charge is 2.22. The third kappa shape index (κ3) is 3.05. The van der Waals surface area contributed by atoms with Gasteiger partial charge in [-0.2, -0.15) is 0 Å². The number of hydrogen-bond acceptors (Lipinski definition) is 5.